The first-order valence-electron chi connectivity index (χ1n) is 8.25. The van der Waals surface area contributed by atoms with Crippen molar-refractivity contribution in [2.75, 3.05) is 24.4 Å². The van der Waals surface area contributed by atoms with Crippen molar-refractivity contribution in [3.8, 4) is 0 Å². The summed E-state index contributed by atoms with van der Waals surface area (Å²) in [7, 11) is -3.59. The topological polar surface area (TPSA) is 62.3 Å². The van der Waals surface area contributed by atoms with Crippen LogP contribution in [0.25, 0.3) is 0 Å². The van der Waals surface area contributed by atoms with Crippen LogP contribution in [0.1, 0.15) is 30.4 Å². The fraction of sp³-hybridized carbons (Fsp3) is 0.389. The third-order valence-corrected chi connectivity index (χ3v) is 5.66. The van der Waals surface area contributed by atoms with E-state index in [1.165, 1.54) is 0 Å². The average molecular weight is 345 g/mol. The normalized spacial score (nSPS) is 15.9. The number of nitrogens with one attached hydrogen (secondary N) is 1. The summed E-state index contributed by atoms with van der Waals surface area (Å²) in [6, 6.07) is 8.78. The molecule has 3 rings (SSSR count). The number of anilines is 1. The number of likely N-dealkylation sites (tertiary alicyclic amines) is 1. The van der Waals surface area contributed by atoms with Crippen molar-refractivity contribution in [1.29, 1.82) is 0 Å². The van der Waals surface area contributed by atoms with Gasteiger partial charge in [-0.15, -0.1) is 0 Å². The predicted octanol–water partition coefficient (Wildman–Crippen LogP) is 3.00. The molecule has 0 radical (unpaired) electrons. The van der Waals surface area contributed by atoms with Crippen LogP contribution in [0.2, 0.25) is 0 Å². The Morgan fingerprint density at radius 1 is 1.25 bits per heavy atom. The maximum absolute atomic E-state index is 12.5. The monoisotopic (exact) mass is 345 g/mol. The lowest BCUT2D eigenvalue weighted by Crippen LogP contribution is -2.45. The zero-order chi connectivity index (χ0) is 17.2. The molecule has 0 atom stereocenters. The van der Waals surface area contributed by atoms with E-state index in [2.05, 4.69) is 21.5 Å². The third kappa shape index (κ3) is 3.76. The largest absolute Gasteiger partial charge is 0.302 e. The van der Waals surface area contributed by atoms with E-state index in [-0.39, 0.29) is 4.90 Å². The first-order chi connectivity index (χ1) is 11.5. The highest BCUT2D eigenvalue weighted by Gasteiger charge is 2.27. The minimum atomic E-state index is -3.59. The zero-order valence-electron chi connectivity index (χ0n) is 14.1. The van der Waals surface area contributed by atoms with Crippen molar-refractivity contribution in [1.82, 2.24) is 9.88 Å². The highest BCUT2D eigenvalue weighted by atomic mass is 32.2. The average Bonchev–Trinajstić information content (AvgIpc) is 2.50. The lowest BCUT2D eigenvalue weighted by atomic mass is 9.92. The van der Waals surface area contributed by atoms with E-state index in [9.17, 15) is 8.42 Å². The number of aromatic nitrogens is 1. The van der Waals surface area contributed by atoms with Crippen molar-refractivity contribution in [2.24, 2.45) is 0 Å². The van der Waals surface area contributed by atoms with Gasteiger partial charge in [-0.2, -0.15) is 0 Å². The van der Waals surface area contributed by atoms with Crippen LogP contribution in [0.5, 0.6) is 0 Å². The van der Waals surface area contributed by atoms with Crippen LogP contribution in [0.3, 0.4) is 0 Å². The van der Waals surface area contributed by atoms with Gasteiger partial charge in [-0.3, -0.25) is 9.71 Å². The van der Waals surface area contributed by atoms with Crippen LogP contribution in [-0.2, 0) is 10.0 Å². The Balaban J connectivity index is 1.73. The molecule has 1 N–H and O–H groups in total. The number of hydrogen-bond donors (Lipinski definition) is 1. The van der Waals surface area contributed by atoms with Crippen LogP contribution in [0.4, 0.5) is 5.69 Å². The van der Waals surface area contributed by atoms with Gasteiger partial charge in [0, 0.05) is 25.2 Å². The minimum absolute atomic E-state index is 0.269. The van der Waals surface area contributed by atoms with E-state index in [1.54, 1.807) is 24.4 Å². The number of hydrogen-bond acceptors (Lipinski definition) is 4. The van der Waals surface area contributed by atoms with Crippen molar-refractivity contribution in [3.05, 3.63) is 53.9 Å². The van der Waals surface area contributed by atoms with Gasteiger partial charge in [-0.05, 0) is 49.2 Å². The molecule has 0 bridgehead atoms. The van der Waals surface area contributed by atoms with Gasteiger partial charge in [0.2, 0.25) is 0 Å². The molecule has 0 spiro atoms. The zero-order valence-corrected chi connectivity index (χ0v) is 14.9. The number of pyridine rings is 1. The van der Waals surface area contributed by atoms with Gasteiger partial charge in [0.25, 0.3) is 10.0 Å². The van der Waals surface area contributed by atoms with Crippen molar-refractivity contribution in [3.63, 3.8) is 0 Å². The maximum atomic E-state index is 12.5. The molecule has 0 amide bonds. The van der Waals surface area contributed by atoms with Crippen LogP contribution >= 0.6 is 0 Å². The number of rotatable bonds is 6. The maximum Gasteiger partial charge on any atom is 0.261 e. The molecule has 1 aliphatic heterocycles. The first-order valence-corrected chi connectivity index (χ1v) is 9.73. The highest BCUT2D eigenvalue weighted by Crippen LogP contribution is 2.28. The Bertz CT molecular complexity index is 815. The molecule has 128 valence electrons. The van der Waals surface area contributed by atoms with E-state index in [1.807, 2.05) is 25.3 Å². The molecule has 1 saturated heterocycles. The standard InChI is InChI=1S/C18H23N3O2S/c1-3-7-21-12-16(13-21)15-9-17(11-19-10-15)20-24(22,23)18-6-4-5-14(2)8-18/h4-6,8-11,16,20H,3,7,12-13H2,1-2H3. The van der Waals surface area contributed by atoms with Crippen molar-refractivity contribution in [2.45, 2.75) is 31.1 Å². The number of sulfonamides is 1. The highest BCUT2D eigenvalue weighted by molar-refractivity contribution is 7.92. The van der Waals surface area contributed by atoms with Gasteiger partial charge in [0.05, 0.1) is 16.8 Å². The van der Waals surface area contributed by atoms with Crippen molar-refractivity contribution >= 4 is 15.7 Å². The fourth-order valence-electron chi connectivity index (χ4n) is 3.01. The van der Waals surface area contributed by atoms with Gasteiger partial charge in [0.15, 0.2) is 0 Å². The van der Waals surface area contributed by atoms with E-state index < -0.39 is 10.0 Å². The molecule has 0 aliphatic carbocycles. The Morgan fingerprint density at radius 2 is 2.04 bits per heavy atom. The Labute approximate surface area is 143 Å². The SMILES string of the molecule is CCCN1CC(c2cncc(NS(=O)(=O)c3cccc(C)c3)c2)C1. The Morgan fingerprint density at radius 3 is 2.75 bits per heavy atom. The molecule has 1 aromatic heterocycles. The van der Waals surface area contributed by atoms with Gasteiger partial charge in [-0.1, -0.05) is 19.1 Å². The van der Waals surface area contributed by atoms with Crippen LogP contribution in [0, 0.1) is 6.92 Å². The number of benzene rings is 1. The summed E-state index contributed by atoms with van der Waals surface area (Å²) in [6.45, 7) is 7.20. The summed E-state index contributed by atoms with van der Waals surface area (Å²) in [5, 5.41) is 0. The summed E-state index contributed by atoms with van der Waals surface area (Å²) in [6.07, 6.45) is 4.54. The second kappa shape index (κ2) is 6.91. The fourth-order valence-corrected chi connectivity index (χ4v) is 4.15. The van der Waals surface area contributed by atoms with Crippen LogP contribution in [-0.4, -0.2) is 37.9 Å². The van der Waals surface area contributed by atoms with E-state index >= 15 is 0 Å². The Kier molecular flexibility index (Phi) is 4.87. The molecule has 6 heteroatoms. The predicted molar refractivity (Wildman–Crippen MR) is 95.7 cm³/mol. The molecular formula is C18H23N3O2S. The second-order valence-corrected chi connectivity index (χ2v) is 8.07. The molecule has 1 aliphatic rings. The van der Waals surface area contributed by atoms with Gasteiger partial charge >= 0.3 is 0 Å². The minimum Gasteiger partial charge on any atom is -0.302 e. The molecular weight excluding hydrogens is 322 g/mol. The van der Waals surface area contributed by atoms with Gasteiger partial charge in [0.1, 0.15) is 0 Å². The van der Waals surface area contributed by atoms with E-state index in [0.29, 0.717) is 11.6 Å². The molecule has 1 fully saturated rings. The summed E-state index contributed by atoms with van der Waals surface area (Å²) in [5.74, 6) is 0.437. The summed E-state index contributed by atoms with van der Waals surface area (Å²) in [5.41, 5.74) is 2.52. The molecule has 0 unspecified atom stereocenters. The molecule has 5 nitrogen and oxygen atoms in total. The van der Waals surface area contributed by atoms with Crippen LogP contribution < -0.4 is 4.72 Å². The Hall–Kier alpha value is -1.92. The summed E-state index contributed by atoms with van der Waals surface area (Å²) >= 11 is 0. The van der Waals surface area contributed by atoms with Gasteiger partial charge < -0.3 is 4.90 Å². The summed E-state index contributed by atoms with van der Waals surface area (Å²) in [4.78, 5) is 6.87. The lowest BCUT2D eigenvalue weighted by Gasteiger charge is -2.39. The lowest BCUT2D eigenvalue weighted by molar-refractivity contribution is 0.148. The quantitative estimate of drug-likeness (QED) is 0.874. The second-order valence-electron chi connectivity index (χ2n) is 6.39. The van der Waals surface area contributed by atoms with Gasteiger partial charge in [-0.25, -0.2) is 8.42 Å². The molecule has 2 heterocycles. The van der Waals surface area contributed by atoms with E-state index in [4.69, 9.17) is 0 Å². The van der Waals surface area contributed by atoms with Crippen molar-refractivity contribution < 1.29 is 8.42 Å². The molecule has 2 aromatic rings. The smallest absolute Gasteiger partial charge is 0.261 e. The first kappa shape index (κ1) is 16.9. The number of nitrogens with zero attached hydrogens (tertiary/aromatic N) is 2. The molecule has 24 heavy (non-hydrogen) atoms. The summed E-state index contributed by atoms with van der Waals surface area (Å²) < 4.78 is 27.7. The van der Waals surface area contributed by atoms with E-state index in [0.717, 1.165) is 37.2 Å². The van der Waals surface area contributed by atoms with Crippen LogP contribution in [0.15, 0.2) is 47.6 Å². The molecule has 1 aromatic carbocycles. The third-order valence-electron chi connectivity index (χ3n) is 4.28. The number of aryl methyl sites for hydroxylation is 1. The molecule has 0 saturated carbocycles.